The molecule has 0 rings (SSSR count). The van der Waals surface area contributed by atoms with Crippen molar-refractivity contribution in [1.82, 2.24) is 5.32 Å². The summed E-state index contributed by atoms with van der Waals surface area (Å²) in [5, 5.41) is 10.7. The molecule has 0 aromatic heterocycles. The molecule has 0 saturated carbocycles. The molecule has 0 fully saturated rings. The number of amides is 1. The molecule has 86 valence electrons. The largest absolute Gasteiger partial charge is 1.00 e. The van der Waals surface area contributed by atoms with E-state index in [-0.39, 0.29) is 57.1 Å². The van der Waals surface area contributed by atoms with Crippen LogP contribution in [-0.2, 0) is 31.7 Å². The minimum atomic E-state index is -1.26. The first-order valence-electron chi connectivity index (χ1n) is 4.17. The maximum atomic E-state index is 11.3. The zero-order valence-electron chi connectivity index (χ0n) is 9.35. The Morgan fingerprint density at radius 3 is 2.25 bits per heavy atom. The van der Waals surface area contributed by atoms with Gasteiger partial charge in [-0.15, -0.1) is 5.75 Å². The number of carbonyl (C=O) groups excluding carboxylic acids is 2. The predicted molar refractivity (Wildman–Crippen MR) is 53.0 cm³/mol. The molecule has 2 atom stereocenters. The van der Waals surface area contributed by atoms with Gasteiger partial charge in [0.2, 0.25) is 5.91 Å². The van der Waals surface area contributed by atoms with Gasteiger partial charge < -0.3 is 27.8 Å². The molecule has 0 aromatic carbocycles. The SMILES string of the molecule is CC(=O)NC(C[S-])C(=O)OC(C)C(=O)O.[K+]. The van der Waals surface area contributed by atoms with Crippen molar-refractivity contribution in [2.75, 3.05) is 5.75 Å². The third-order valence-corrected chi connectivity index (χ3v) is 1.80. The number of carboxylic acids is 1. The van der Waals surface area contributed by atoms with E-state index in [2.05, 4.69) is 22.7 Å². The van der Waals surface area contributed by atoms with Gasteiger partial charge in [0.1, 0.15) is 6.04 Å². The van der Waals surface area contributed by atoms with Gasteiger partial charge in [0.25, 0.3) is 0 Å². The minimum absolute atomic E-state index is 0. The summed E-state index contributed by atoms with van der Waals surface area (Å²) in [4.78, 5) is 32.3. The Bertz CT molecular complexity index is 273. The van der Waals surface area contributed by atoms with Crippen LogP contribution in [-0.4, -0.2) is 40.9 Å². The first kappa shape index (κ1) is 18.8. The second kappa shape index (κ2) is 9.43. The van der Waals surface area contributed by atoms with Gasteiger partial charge in [-0.05, 0) is 6.92 Å². The predicted octanol–water partition coefficient (Wildman–Crippen LogP) is -3.94. The zero-order valence-corrected chi connectivity index (χ0v) is 13.3. The number of esters is 1. The number of carbonyl (C=O) groups is 3. The van der Waals surface area contributed by atoms with Gasteiger partial charge in [0.05, 0.1) is 0 Å². The zero-order chi connectivity index (χ0) is 12.0. The maximum absolute atomic E-state index is 11.3. The van der Waals surface area contributed by atoms with Crippen LogP contribution in [0, 0.1) is 0 Å². The van der Waals surface area contributed by atoms with Crippen LogP contribution in [0.3, 0.4) is 0 Å². The molecule has 0 bridgehead atoms. The van der Waals surface area contributed by atoms with Crippen molar-refractivity contribution < 1.29 is 75.6 Å². The Labute approximate surface area is 141 Å². The van der Waals surface area contributed by atoms with E-state index >= 15 is 0 Å². The summed E-state index contributed by atoms with van der Waals surface area (Å²) in [7, 11) is 0. The Morgan fingerprint density at radius 2 is 1.94 bits per heavy atom. The van der Waals surface area contributed by atoms with E-state index in [1.54, 1.807) is 0 Å². The molecule has 0 saturated heterocycles. The summed E-state index contributed by atoms with van der Waals surface area (Å²) < 4.78 is 4.55. The molecule has 0 radical (unpaired) electrons. The van der Waals surface area contributed by atoms with Gasteiger partial charge in [0, 0.05) is 6.92 Å². The van der Waals surface area contributed by atoms with Crippen molar-refractivity contribution in [3.8, 4) is 0 Å². The number of carboxylic acid groups (broad SMARTS) is 1. The third-order valence-electron chi connectivity index (χ3n) is 1.47. The Kier molecular flexibility index (Phi) is 11.1. The summed E-state index contributed by atoms with van der Waals surface area (Å²) in [6, 6.07) is -0.973. The second-order valence-corrected chi connectivity index (χ2v) is 3.17. The average Bonchev–Trinajstić information content (AvgIpc) is 2.13. The molecule has 0 heterocycles. The fourth-order valence-electron chi connectivity index (χ4n) is 0.721. The number of hydrogen-bond donors (Lipinski definition) is 2. The third kappa shape index (κ3) is 7.63. The fourth-order valence-corrected chi connectivity index (χ4v) is 0.940. The number of nitrogens with one attached hydrogen (secondary N) is 1. The Hall–Kier alpha value is 0.396. The van der Waals surface area contributed by atoms with Gasteiger partial charge >= 0.3 is 63.3 Å². The molecular formula is C8H12KNO5S. The van der Waals surface area contributed by atoms with Crippen LogP contribution in [0.15, 0.2) is 0 Å². The molecule has 0 aliphatic heterocycles. The molecular weight excluding hydrogens is 261 g/mol. The van der Waals surface area contributed by atoms with Crippen molar-refractivity contribution in [2.24, 2.45) is 0 Å². The molecule has 0 aliphatic rings. The number of hydrogen-bond acceptors (Lipinski definition) is 5. The van der Waals surface area contributed by atoms with E-state index in [0.29, 0.717) is 0 Å². The molecule has 1 amide bonds. The molecule has 0 spiro atoms. The Morgan fingerprint density at radius 1 is 1.44 bits per heavy atom. The van der Waals surface area contributed by atoms with Crippen LogP contribution in [0.25, 0.3) is 0 Å². The van der Waals surface area contributed by atoms with Crippen LogP contribution in [0.1, 0.15) is 13.8 Å². The molecule has 8 heteroatoms. The molecule has 0 aromatic rings. The van der Waals surface area contributed by atoms with Gasteiger partial charge in [-0.1, -0.05) is 0 Å². The summed E-state index contributed by atoms with van der Waals surface area (Å²) in [6.07, 6.45) is -1.25. The number of ether oxygens (including phenoxy) is 1. The monoisotopic (exact) mass is 273 g/mol. The fraction of sp³-hybridized carbons (Fsp3) is 0.625. The average molecular weight is 273 g/mol. The van der Waals surface area contributed by atoms with Gasteiger partial charge in [-0.2, -0.15) is 0 Å². The second-order valence-electron chi connectivity index (χ2n) is 2.84. The number of aliphatic carboxylic acids is 1. The van der Waals surface area contributed by atoms with Crippen LogP contribution in [0.5, 0.6) is 0 Å². The first-order chi connectivity index (χ1) is 6.88. The van der Waals surface area contributed by atoms with Crippen LogP contribution >= 0.6 is 0 Å². The van der Waals surface area contributed by atoms with Gasteiger partial charge in [-0.3, -0.25) is 4.79 Å². The molecule has 6 nitrogen and oxygen atoms in total. The molecule has 2 unspecified atom stereocenters. The van der Waals surface area contributed by atoms with E-state index in [0.717, 1.165) is 0 Å². The van der Waals surface area contributed by atoms with Crippen molar-refractivity contribution >= 4 is 30.5 Å². The van der Waals surface area contributed by atoms with Crippen molar-refractivity contribution in [3.05, 3.63) is 0 Å². The van der Waals surface area contributed by atoms with Crippen molar-refractivity contribution in [3.63, 3.8) is 0 Å². The van der Waals surface area contributed by atoms with E-state index in [4.69, 9.17) is 5.11 Å². The summed E-state index contributed by atoms with van der Waals surface area (Å²) in [5.74, 6) is -2.58. The number of rotatable bonds is 5. The van der Waals surface area contributed by atoms with E-state index in [1.807, 2.05) is 0 Å². The van der Waals surface area contributed by atoms with Gasteiger partial charge in [-0.25, -0.2) is 9.59 Å². The normalized spacial score (nSPS) is 12.9. The maximum Gasteiger partial charge on any atom is 1.00 e. The molecule has 16 heavy (non-hydrogen) atoms. The quantitative estimate of drug-likeness (QED) is 0.302. The van der Waals surface area contributed by atoms with E-state index in [1.165, 1.54) is 13.8 Å². The van der Waals surface area contributed by atoms with Gasteiger partial charge in [0.15, 0.2) is 6.10 Å². The van der Waals surface area contributed by atoms with Crippen LogP contribution in [0.4, 0.5) is 0 Å². The first-order valence-corrected chi connectivity index (χ1v) is 4.74. The van der Waals surface area contributed by atoms with E-state index in [9.17, 15) is 14.4 Å². The Balaban J connectivity index is 0. The van der Waals surface area contributed by atoms with E-state index < -0.39 is 30.0 Å². The van der Waals surface area contributed by atoms with Crippen molar-refractivity contribution in [2.45, 2.75) is 26.0 Å². The summed E-state index contributed by atoms with van der Waals surface area (Å²) >= 11 is 4.62. The van der Waals surface area contributed by atoms with Crippen LogP contribution in [0.2, 0.25) is 0 Å². The summed E-state index contributed by atoms with van der Waals surface area (Å²) in [5.41, 5.74) is 0. The van der Waals surface area contributed by atoms with Crippen molar-refractivity contribution in [1.29, 1.82) is 0 Å². The summed E-state index contributed by atoms with van der Waals surface area (Å²) in [6.45, 7) is 2.44. The standard InChI is InChI=1S/C8H13NO5S.K/c1-4(7(11)12)14-8(13)6(3-15)9-5(2)10;/h4,6,15H,3H2,1-2H3,(H,9,10)(H,11,12);/q;+1/p-1. The smallest absolute Gasteiger partial charge is 0.790 e. The van der Waals surface area contributed by atoms with Crippen LogP contribution < -0.4 is 56.7 Å². The molecule has 2 N–H and O–H groups in total. The molecule has 0 aliphatic carbocycles. The minimum Gasteiger partial charge on any atom is -0.790 e. The topological polar surface area (TPSA) is 92.7 Å².